The van der Waals surface area contributed by atoms with Crippen LogP contribution < -0.4 is 10.9 Å². The van der Waals surface area contributed by atoms with Crippen molar-refractivity contribution in [3.05, 3.63) is 71.1 Å². The van der Waals surface area contributed by atoms with Gasteiger partial charge in [-0.2, -0.15) is 0 Å². The summed E-state index contributed by atoms with van der Waals surface area (Å²) in [7, 11) is 0. The molecular weight excluding hydrogens is 392 g/mol. The van der Waals surface area contributed by atoms with Gasteiger partial charge in [-0.3, -0.25) is 20.4 Å². The van der Waals surface area contributed by atoms with Crippen molar-refractivity contribution in [3.8, 4) is 11.3 Å². The Morgan fingerprint density at radius 3 is 2.26 bits per heavy atom. The average molecular weight is 405 g/mol. The van der Waals surface area contributed by atoms with Crippen molar-refractivity contribution in [3.63, 3.8) is 0 Å². The summed E-state index contributed by atoms with van der Waals surface area (Å²) in [4.78, 5) is 28.1. The molecule has 3 aromatic rings. The number of amides is 2. The van der Waals surface area contributed by atoms with Crippen LogP contribution in [0.3, 0.4) is 0 Å². The first-order valence-corrected chi connectivity index (χ1v) is 9.57. The molecule has 0 bridgehead atoms. The maximum Gasteiger partial charge on any atom is 0.269 e. The van der Waals surface area contributed by atoms with Crippen LogP contribution >= 0.6 is 23.1 Å². The van der Waals surface area contributed by atoms with Crippen LogP contribution in [-0.2, 0) is 4.79 Å². The number of hydrazine groups is 1. The summed E-state index contributed by atoms with van der Waals surface area (Å²) in [6, 6.07) is 10.9. The van der Waals surface area contributed by atoms with Crippen molar-refractivity contribution < 1.29 is 18.4 Å². The van der Waals surface area contributed by atoms with Gasteiger partial charge in [0.1, 0.15) is 11.6 Å². The number of carbonyl (C=O) groups excluding carboxylic acids is 2. The largest absolute Gasteiger partial charge is 0.272 e. The molecule has 0 fully saturated rings. The number of carbonyl (C=O) groups is 2. The van der Waals surface area contributed by atoms with Crippen LogP contribution in [0, 0.1) is 11.6 Å². The van der Waals surface area contributed by atoms with Crippen molar-refractivity contribution in [2.75, 3.05) is 5.75 Å². The van der Waals surface area contributed by atoms with Crippen molar-refractivity contribution in [1.82, 2.24) is 15.8 Å². The van der Waals surface area contributed by atoms with E-state index < -0.39 is 17.6 Å². The summed E-state index contributed by atoms with van der Waals surface area (Å²) in [5, 5.41) is 1.82. The first kappa shape index (κ1) is 19.0. The molecule has 0 spiro atoms. The van der Waals surface area contributed by atoms with Crippen LogP contribution in [0.15, 0.2) is 58.3 Å². The lowest BCUT2D eigenvalue weighted by atomic mass is 10.2. The fraction of sp³-hybridized carbons (Fsp3) is 0.0556. The summed E-state index contributed by atoms with van der Waals surface area (Å²) >= 11 is 2.59. The van der Waals surface area contributed by atoms with Gasteiger partial charge in [-0.25, -0.2) is 13.8 Å². The number of rotatable bonds is 5. The van der Waals surface area contributed by atoms with Gasteiger partial charge in [0.05, 0.1) is 11.4 Å². The number of nitrogens with one attached hydrogen (secondary N) is 2. The van der Waals surface area contributed by atoms with Crippen molar-refractivity contribution in [2.24, 2.45) is 0 Å². The number of halogens is 2. The number of benzene rings is 2. The molecule has 5 nitrogen and oxygen atoms in total. The van der Waals surface area contributed by atoms with Gasteiger partial charge in [0.15, 0.2) is 4.34 Å². The Balaban J connectivity index is 1.47. The topological polar surface area (TPSA) is 71.1 Å². The molecule has 0 radical (unpaired) electrons. The predicted molar refractivity (Wildman–Crippen MR) is 100 cm³/mol. The van der Waals surface area contributed by atoms with Gasteiger partial charge >= 0.3 is 0 Å². The number of hydrogen-bond donors (Lipinski definition) is 2. The summed E-state index contributed by atoms with van der Waals surface area (Å²) in [6.45, 7) is 0. The standard InChI is InChI=1S/C18H13F2N3O2S2/c19-13-5-1-11(2-6-13)15-9-26-18(21-15)27-10-16(24)22-23-17(25)12-3-7-14(20)8-4-12/h1-9H,10H2,(H,22,24)(H,23,25). The fourth-order valence-electron chi connectivity index (χ4n) is 2.04. The third-order valence-electron chi connectivity index (χ3n) is 3.37. The first-order chi connectivity index (χ1) is 13.0. The quantitative estimate of drug-likeness (QED) is 0.502. The molecule has 1 aromatic heterocycles. The first-order valence-electron chi connectivity index (χ1n) is 7.70. The summed E-state index contributed by atoms with van der Waals surface area (Å²) in [5.41, 5.74) is 6.28. The number of nitrogens with zero attached hydrogens (tertiary/aromatic N) is 1. The Morgan fingerprint density at radius 2 is 1.59 bits per heavy atom. The molecule has 138 valence electrons. The van der Waals surface area contributed by atoms with Crippen LogP contribution in [0.2, 0.25) is 0 Å². The van der Waals surface area contributed by atoms with Gasteiger partial charge in [0.25, 0.3) is 5.91 Å². The summed E-state index contributed by atoms with van der Waals surface area (Å²) in [5.74, 6) is -1.66. The van der Waals surface area contributed by atoms with E-state index in [2.05, 4.69) is 15.8 Å². The second-order valence-electron chi connectivity index (χ2n) is 5.30. The van der Waals surface area contributed by atoms with E-state index in [1.165, 1.54) is 47.4 Å². The van der Waals surface area contributed by atoms with E-state index in [-0.39, 0.29) is 17.1 Å². The van der Waals surface area contributed by atoms with E-state index in [4.69, 9.17) is 0 Å². The number of thioether (sulfide) groups is 1. The SMILES string of the molecule is O=C(CSc1nc(-c2ccc(F)cc2)cs1)NNC(=O)c1ccc(F)cc1. The molecule has 2 N–H and O–H groups in total. The molecular formula is C18H13F2N3O2S2. The highest BCUT2D eigenvalue weighted by Gasteiger charge is 2.10. The van der Waals surface area contributed by atoms with E-state index in [0.29, 0.717) is 10.0 Å². The molecule has 27 heavy (non-hydrogen) atoms. The lowest BCUT2D eigenvalue weighted by Gasteiger charge is -2.06. The van der Waals surface area contributed by atoms with E-state index in [1.807, 2.05) is 5.38 Å². The second kappa shape index (κ2) is 8.74. The van der Waals surface area contributed by atoms with E-state index >= 15 is 0 Å². The zero-order valence-corrected chi connectivity index (χ0v) is 15.4. The van der Waals surface area contributed by atoms with Gasteiger partial charge in [0.2, 0.25) is 5.91 Å². The van der Waals surface area contributed by atoms with E-state index in [9.17, 15) is 18.4 Å². The maximum atomic E-state index is 13.0. The summed E-state index contributed by atoms with van der Waals surface area (Å²) in [6.07, 6.45) is 0. The number of hydrogen-bond acceptors (Lipinski definition) is 5. The van der Waals surface area contributed by atoms with E-state index in [0.717, 1.165) is 17.7 Å². The zero-order valence-electron chi connectivity index (χ0n) is 13.7. The van der Waals surface area contributed by atoms with Gasteiger partial charge in [0, 0.05) is 16.5 Å². The Bertz CT molecular complexity index is 944. The van der Waals surface area contributed by atoms with Crippen LogP contribution in [0.5, 0.6) is 0 Å². The van der Waals surface area contributed by atoms with Gasteiger partial charge in [-0.1, -0.05) is 11.8 Å². The third-order valence-corrected chi connectivity index (χ3v) is 5.39. The molecule has 2 amide bonds. The fourth-order valence-corrected chi connectivity index (χ4v) is 3.68. The van der Waals surface area contributed by atoms with Gasteiger partial charge in [-0.15, -0.1) is 11.3 Å². The Morgan fingerprint density at radius 1 is 0.963 bits per heavy atom. The minimum absolute atomic E-state index is 0.0556. The van der Waals surface area contributed by atoms with Crippen LogP contribution in [-0.4, -0.2) is 22.6 Å². The second-order valence-corrected chi connectivity index (χ2v) is 7.38. The lowest BCUT2D eigenvalue weighted by molar-refractivity contribution is -0.119. The molecule has 0 atom stereocenters. The van der Waals surface area contributed by atoms with Crippen LogP contribution in [0.25, 0.3) is 11.3 Å². The lowest BCUT2D eigenvalue weighted by Crippen LogP contribution is -2.42. The van der Waals surface area contributed by atoms with Crippen molar-refractivity contribution >= 4 is 34.9 Å². The average Bonchev–Trinajstić information content (AvgIpc) is 3.14. The van der Waals surface area contributed by atoms with Crippen LogP contribution in [0.1, 0.15) is 10.4 Å². The van der Waals surface area contributed by atoms with E-state index in [1.54, 1.807) is 12.1 Å². The molecule has 0 unspecified atom stereocenters. The van der Waals surface area contributed by atoms with Gasteiger partial charge in [-0.05, 0) is 48.5 Å². The Hall–Kier alpha value is -2.78. The predicted octanol–water partition coefficient (Wildman–Crippen LogP) is 3.64. The Kier molecular flexibility index (Phi) is 6.15. The Labute approximate surface area is 161 Å². The van der Waals surface area contributed by atoms with Crippen molar-refractivity contribution in [1.29, 1.82) is 0 Å². The third kappa shape index (κ3) is 5.35. The minimum Gasteiger partial charge on any atom is -0.272 e. The molecule has 3 rings (SSSR count). The summed E-state index contributed by atoms with van der Waals surface area (Å²) < 4.78 is 26.5. The van der Waals surface area contributed by atoms with Crippen LogP contribution in [0.4, 0.5) is 8.78 Å². The van der Waals surface area contributed by atoms with Crippen molar-refractivity contribution in [2.45, 2.75) is 4.34 Å². The smallest absolute Gasteiger partial charge is 0.269 e. The maximum absolute atomic E-state index is 13.0. The number of thiazole rings is 1. The normalized spacial score (nSPS) is 10.4. The molecule has 0 aliphatic heterocycles. The van der Waals surface area contributed by atoms with Gasteiger partial charge < -0.3 is 0 Å². The number of aromatic nitrogens is 1. The molecule has 0 aliphatic rings. The highest BCUT2D eigenvalue weighted by atomic mass is 32.2. The minimum atomic E-state index is -0.541. The molecule has 0 saturated carbocycles. The molecule has 0 aliphatic carbocycles. The monoisotopic (exact) mass is 405 g/mol. The molecule has 2 aromatic carbocycles. The zero-order chi connectivity index (χ0) is 19.2. The molecule has 9 heteroatoms. The molecule has 0 saturated heterocycles. The highest BCUT2D eigenvalue weighted by molar-refractivity contribution is 8.01. The molecule has 1 heterocycles. The highest BCUT2D eigenvalue weighted by Crippen LogP contribution is 2.28.